The zero-order valence-electron chi connectivity index (χ0n) is 26.8. The number of benzene rings is 2. The maximum atomic E-state index is 13.2. The third-order valence-electron chi connectivity index (χ3n) is 7.94. The molecular formula is C37H58O3. The molecule has 40 heavy (non-hydrogen) atoms. The maximum Gasteiger partial charge on any atom is 0.338 e. The lowest BCUT2D eigenvalue weighted by Gasteiger charge is -2.27. The van der Waals surface area contributed by atoms with E-state index in [4.69, 9.17) is 4.74 Å². The molecule has 0 aliphatic carbocycles. The summed E-state index contributed by atoms with van der Waals surface area (Å²) in [5.41, 5.74) is 4.43. The van der Waals surface area contributed by atoms with Crippen molar-refractivity contribution in [2.45, 2.75) is 149 Å². The average molecular weight is 551 g/mol. The highest BCUT2D eigenvalue weighted by atomic mass is 16.5. The molecule has 0 saturated heterocycles. The molecule has 0 aliphatic rings. The molecular weight excluding hydrogens is 492 g/mol. The molecule has 2 rings (SSSR count). The summed E-state index contributed by atoms with van der Waals surface area (Å²) in [6.07, 6.45) is 18.2. The molecule has 2 aromatic carbocycles. The Balaban J connectivity index is 1.86. The number of aromatic hydroxyl groups is 1. The van der Waals surface area contributed by atoms with Crippen LogP contribution in [-0.2, 0) is 15.6 Å². The van der Waals surface area contributed by atoms with Gasteiger partial charge in [-0.15, -0.1) is 0 Å². The predicted molar refractivity (Wildman–Crippen MR) is 172 cm³/mol. The molecule has 3 nitrogen and oxygen atoms in total. The number of esters is 1. The second kappa shape index (κ2) is 16.8. The van der Waals surface area contributed by atoms with Gasteiger partial charge in [-0.1, -0.05) is 150 Å². The van der Waals surface area contributed by atoms with Gasteiger partial charge in [0, 0.05) is 5.56 Å². The Kier molecular flexibility index (Phi) is 14.3. The quantitative estimate of drug-likeness (QED) is 0.157. The van der Waals surface area contributed by atoms with Gasteiger partial charge in [-0.2, -0.15) is 0 Å². The van der Waals surface area contributed by atoms with Crippen LogP contribution in [0.15, 0.2) is 36.4 Å². The number of carbonyl (C=O) groups is 1. The minimum absolute atomic E-state index is 0.0312. The Morgan fingerprint density at radius 1 is 0.650 bits per heavy atom. The number of ether oxygens (including phenoxy) is 1. The van der Waals surface area contributed by atoms with Crippen LogP contribution in [0.4, 0.5) is 0 Å². The number of hydrogen-bond acceptors (Lipinski definition) is 3. The van der Waals surface area contributed by atoms with Gasteiger partial charge >= 0.3 is 5.97 Å². The Morgan fingerprint density at radius 3 is 1.68 bits per heavy atom. The molecule has 0 radical (unpaired) electrons. The first kappa shape index (κ1) is 33.9. The molecule has 3 heteroatoms. The summed E-state index contributed by atoms with van der Waals surface area (Å²) in [4.78, 5) is 13.2. The summed E-state index contributed by atoms with van der Waals surface area (Å²) in [5.74, 6) is -0.162. The molecule has 0 aromatic heterocycles. The third kappa shape index (κ3) is 11.7. The van der Waals surface area contributed by atoms with Crippen molar-refractivity contribution in [1.29, 1.82) is 0 Å². The maximum absolute atomic E-state index is 13.2. The highest BCUT2D eigenvalue weighted by Crippen LogP contribution is 2.39. The second-order valence-electron chi connectivity index (χ2n) is 13.7. The zero-order valence-corrected chi connectivity index (χ0v) is 26.8. The number of phenolic OH excluding ortho intramolecular Hbond substituents is 1. The van der Waals surface area contributed by atoms with Crippen molar-refractivity contribution in [1.82, 2.24) is 0 Å². The van der Waals surface area contributed by atoms with Gasteiger partial charge in [-0.05, 0) is 52.1 Å². The topological polar surface area (TPSA) is 46.5 Å². The Morgan fingerprint density at radius 2 is 1.18 bits per heavy atom. The molecule has 0 amide bonds. The molecule has 0 aliphatic heterocycles. The van der Waals surface area contributed by atoms with Crippen molar-refractivity contribution in [3.63, 3.8) is 0 Å². The minimum Gasteiger partial charge on any atom is -0.508 e. The van der Waals surface area contributed by atoms with Gasteiger partial charge in [-0.25, -0.2) is 4.79 Å². The van der Waals surface area contributed by atoms with Gasteiger partial charge in [-0.3, -0.25) is 0 Å². The van der Waals surface area contributed by atoms with E-state index < -0.39 is 0 Å². The molecule has 2 aromatic rings. The van der Waals surface area contributed by atoms with Crippen LogP contribution in [0.3, 0.4) is 0 Å². The summed E-state index contributed by atoms with van der Waals surface area (Å²) in [5, 5.41) is 10.4. The summed E-state index contributed by atoms with van der Waals surface area (Å²) in [6.45, 7) is 15.8. The van der Waals surface area contributed by atoms with Crippen LogP contribution in [0.5, 0.6) is 5.75 Å². The fraction of sp³-hybridized carbons (Fsp3) is 0.649. The van der Waals surface area contributed by atoms with E-state index in [1.807, 2.05) is 0 Å². The molecule has 0 fully saturated rings. The van der Waals surface area contributed by atoms with E-state index in [1.165, 1.54) is 82.6 Å². The Bertz CT molecular complexity index is 1020. The van der Waals surface area contributed by atoms with E-state index in [-0.39, 0.29) is 22.5 Å². The molecule has 1 N–H and O–H groups in total. The Labute approximate surface area is 246 Å². The lowest BCUT2D eigenvalue weighted by atomic mass is 9.77. The van der Waals surface area contributed by atoms with E-state index in [0.29, 0.717) is 12.2 Å². The lowest BCUT2D eigenvalue weighted by Crippen LogP contribution is -2.17. The smallest absolute Gasteiger partial charge is 0.338 e. The van der Waals surface area contributed by atoms with Crippen molar-refractivity contribution >= 4 is 5.97 Å². The normalized spacial score (nSPS) is 12.1. The van der Waals surface area contributed by atoms with Crippen LogP contribution in [0.1, 0.15) is 160 Å². The summed E-state index contributed by atoms with van der Waals surface area (Å²) >= 11 is 0. The molecule has 0 saturated carbocycles. The van der Waals surface area contributed by atoms with Crippen molar-refractivity contribution in [3.8, 4) is 16.9 Å². The Hall–Kier alpha value is -2.29. The van der Waals surface area contributed by atoms with Crippen LogP contribution in [0.2, 0.25) is 0 Å². The van der Waals surface area contributed by atoms with Gasteiger partial charge in [0.05, 0.1) is 12.2 Å². The van der Waals surface area contributed by atoms with Gasteiger partial charge in [0.2, 0.25) is 0 Å². The van der Waals surface area contributed by atoms with E-state index in [1.54, 1.807) is 18.2 Å². The predicted octanol–water partition coefficient (Wildman–Crippen LogP) is 11.3. The van der Waals surface area contributed by atoms with Crippen molar-refractivity contribution in [2.24, 2.45) is 0 Å². The van der Waals surface area contributed by atoms with Crippen LogP contribution in [-0.4, -0.2) is 17.7 Å². The van der Waals surface area contributed by atoms with E-state index in [0.717, 1.165) is 29.5 Å². The summed E-state index contributed by atoms with van der Waals surface area (Å²) in [6, 6.07) is 11.5. The molecule has 0 unspecified atom stereocenters. The zero-order chi connectivity index (χ0) is 29.6. The first-order valence-corrected chi connectivity index (χ1v) is 16.1. The van der Waals surface area contributed by atoms with Gasteiger partial charge in [0.15, 0.2) is 0 Å². The first-order valence-electron chi connectivity index (χ1n) is 16.1. The van der Waals surface area contributed by atoms with Crippen LogP contribution >= 0.6 is 0 Å². The van der Waals surface area contributed by atoms with Crippen LogP contribution in [0.25, 0.3) is 11.1 Å². The van der Waals surface area contributed by atoms with E-state index >= 15 is 0 Å². The van der Waals surface area contributed by atoms with Gasteiger partial charge in [0.1, 0.15) is 5.75 Å². The largest absolute Gasteiger partial charge is 0.508 e. The van der Waals surface area contributed by atoms with E-state index in [9.17, 15) is 9.90 Å². The minimum atomic E-state index is -0.314. The SMILES string of the molecule is CCCCCCCCCCCCCCCCOC(=O)c1ccc(O)cc1-c1cc(C(C)(C)C)ccc1C(C)(C)C. The number of carbonyl (C=O) groups excluding carboxylic acids is 1. The average Bonchev–Trinajstić information content (AvgIpc) is 2.89. The number of hydrogen-bond donors (Lipinski definition) is 1. The van der Waals surface area contributed by atoms with Crippen LogP contribution < -0.4 is 0 Å². The lowest BCUT2D eigenvalue weighted by molar-refractivity contribution is 0.0498. The highest BCUT2D eigenvalue weighted by molar-refractivity contribution is 5.98. The molecule has 0 bridgehead atoms. The third-order valence-corrected chi connectivity index (χ3v) is 7.94. The van der Waals surface area contributed by atoms with Gasteiger partial charge < -0.3 is 9.84 Å². The first-order chi connectivity index (χ1) is 18.9. The summed E-state index contributed by atoms with van der Waals surface area (Å²) in [7, 11) is 0. The standard InChI is InChI=1S/C37H58O3/c1-8-9-10-11-12-13-14-15-16-17-18-19-20-21-26-40-35(39)31-24-23-30(38)28-32(31)33-27-29(36(2,3)4)22-25-34(33)37(5,6)7/h22-25,27-28,38H,8-21,26H2,1-7H3. The monoisotopic (exact) mass is 550 g/mol. The van der Waals surface area contributed by atoms with Crippen LogP contribution in [0, 0.1) is 0 Å². The highest BCUT2D eigenvalue weighted by Gasteiger charge is 2.25. The molecule has 0 spiro atoms. The number of rotatable bonds is 17. The van der Waals surface area contributed by atoms with Crippen molar-refractivity contribution < 1.29 is 14.6 Å². The second-order valence-corrected chi connectivity index (χ2v) is 13.7. The molecule has 0 heterocycles. The summed E-state index contributed by atoms with van der Waals surface area (Å²) < 4.78 is 5.74. The molecule has 0 atom stereocenters. The van der Waals surface area contributed by atoms with E-state index in [2.05, 4.69) is 66.7 Å². The fourth-order valence-electron chi connectivity index (χ4n) is 5.36. The van der Waals surface area contributed by atoms with Crippen molar-refractivity contribution in [2.75, 3.05) is 6.61 Å². The molecule has 224 valence electrons. The van der Waals surface area contributed by atoms with Gasteiger partial charge in [0.25, 0.3) is 0 Å². The number of phenols is 1. The fourth-order valence-corrected chi connectivity index (χ4v) is 5.36. The number of unbranched alkanes of at least 4 members (excludes halogenated alkanes) is 13. The van der Waals surface area contributed by atoms with Crippen molar-refractivity contribution in [3.05, 3.63) is 53.1 Å².